The number of anilines is 1. The Morgan fingerprint density at radius 1 is 1.24 bits per heavy atom. The Bertz CT molecular complexity index is 494. The first-order chi connectivity index (χ1) is 8.29. The molecular formula is C14H14N2S. The highest BCUT2D eigenvalue weighted by molar-refractivity contribution is 7.09. The van der Waals surface area contributed by atoms with E-state index in [-0.39, 0.29) is 0 Å². The largest absolute Gasteiger partial charge is 0.374 e. The van der Waals surface area contributed by atoms with Gasteiger partial charge in [0.1, 0.15) is 0 Å². The molecule has 0 amide bonds. The number of hydrogen-bond acceptors (Lipinski definition) is 3. The van der Waals surface area contributed by atoms with Gasteiger partial charge in [0, 0.05) is 24.2 Å². The second-order valence-electron chi connectivity index (χ2n) is 3.91. The van der Waals surface area contributed by atoms with Crippen LogP contribution >= 0.6 is 11.3 Å². The topological polar surface area (TPSA) is 27.0 Å². The van der Waals surface area contributed by atoms with Gasteiger partial charge in [-0.1, -0.05) is 6.07 Å². The van der Waals surface area contributed by atoms with Crippen LogP contribution in [0.25, 0.3) is 0 Å². The number of likely N-dealkylation sites (N-methyl/N-ethyl adjacent to an activating group) is 1. The smallest absolute Gasteiger partial charge is 0.0991 e. The summed E-state index contributed by atoms with van der Waals surface area (Å²) in [5.41, 5.74) is 1.86. The molecule has 3 heteroatoms. The fourth-order valence-electron chi connectivity index (χ4n) is 1.65. The quantitative estimate of drug-likeness (QED) is 0.822. The molecule has 86 valence electrons. The van der Waals surface area contributed by atoms with E-state index in [1.165, 1.54) is 4.88 Å². The summed E-state index contributed by atoms with van der Waals surface area (Å²) in [6.07, 6.45) is 1.06. The highest BCUT2D eigenvalue weighted by Gasteiger charge is 2.02. The molecule has 0 saturated carbocycles. The third-order valence-corrected chi connectivity index (χ3v) is 3.65. The van der Waals surface area contributed by atoms with Crippen LogP contribution in [-0.4, -0.2) is 13.6 Å². The van der Waals surface area contributed by atoms with Crippen molar-refractivity contribution in [3.63, 3.8) is 0 Å². The molecular weight excluding hydrogens is 228 g/mol. The van der Waals surface area contributed by atoms with Gasteiger partial charge in [0.2, 0.25) is 0 Å². The Kier molecular flexibility index (Phi) is 3.79. The second-order valence-corrected chi connectivity index (χ2v) is 4.94. The highest BCUT2D eigenvalue weighted by Crippen LogP contribution is 2.15. The molecule has 1 aromatic heterocycles. The first-order valence-electron chi connectivity index (χ1n) is 5.53. The standard InChI is InChI=1S/C14H14N2S/c1-16(9-8-14-3-2-10-17-14)13-6-4-12(11-15)5-7-13/h2-7,10H,8-9H2,1H3. The molecule has 0 spiro atoms. The van der Waals surface area contributed by atoms with Crippen LogP contribution in [0.5, 0.6) is 0 Å². The zero-order valence-corrected chi connectivity index (χ0v) is 10.6. The van der Waals surface area contributed by atoms with Crippen LogP contribution in [0.15, 0.2) is 41.8 Å². The number of benzene rings is 1. The second kappa shape index (κ2) is 5.51. The summed E-state index contributed by atoms with van der Waals surface area (Å²) >= 11 is 1.80. The molecule has 0 aliphatic rings. The number of nitrogens with zero attached hydrogens (tertiary/aromatic N) is 2. The molecule has 0 bridgehead atoms. The van der Waals surface area contributed by atoms with Gasteiger partial charge in [0.25, 0.3) is 0 Å². The summed E-state index contributed by atoms with van der Waals surface area (Å²) < 4.78 is 0. The van der Waals surface area contributed by atoms with Gasteiger partial charge in [0.05, 0.1) is 11.6 Å². The molecule has 2 aromatic rings. The van der Waals surface area contributed by atoms with Crippen LogP contribution in [0.4, 0.5) is 5.69 Å². The van der Waals surface area contributed by atoms with E-state index in [1.807, 2.05) is 24.3 Å². The monoisotopic (exact) mass is 242 g/mol. The van der Waals surface area contributed by atoms with Gasteiger partial charge in [-0.05, 0) is 42.1 Å². The molecule has 1 heterocycles. The minimum atomic E-state index is 0.709. The van der Waals surface area contributed by atoms with Crippen molar-refractivity contribution in [3.05, 3.63) is 52.2 Å². The molecule has 0 atom stereocenters. The first kappa shape index (κ1) is 11.7. The molecule has 2 nitrogen and oxygen atoms in total. The number of hydrogen-bond donors (Lipinski definition) is 0. The van der Waals surface area contributed by atoms with Crippen LogP contribution in [0.1, 0.15) is 10.4 Å². The molecule has 0 fully saturated rings. The lowest BCUT2D eigenvalue weighted by Crippen LogP contribution is -2.19. The molecule has 0 unspecified atom stereocenters. The van der Waals surface area contributed by atoms with Crippen molar-refractivity contribution in [3.8, 4) is 6.07 Å². The van der Waals surface area contributed by atoms with Crippen molar-refractivity contribution in [2.24, 2.45) is 0 Å². The summed E-state index contributed by atoms with van der Waals surface area (Å²) in [5.74, 6) is 0. The van der Waals surface area contributed by atoms with Crippen molar-refractivity contribution >= 4 is 17.0 Å². The third kappa shape index (κ3) is 3.08. The summed E-state index contributed by atoms with van der Waals surface area (Å²) in [7, 11) is 2.08. The Morgan fingerprint density at radius 3 is 2.59 bits per heavy atom. The van der Waals surface area contributed by atoms with Crippen molar-refractivity contribution < 1.29 is 0 Å². The van der Waals surface area contributed by atoms with Crippen LogP contribution in [0.2, 0.25) is 0 Å². The minimum absolute atomic E-state index is 0.709. The van der Waals surface area contributed by atoms with E-state index in [0.717, 1.165) is 18.7 Å². The number of rotatable bonds is 4. The maximum atomic E-state index is 8.73. The maximum Gasteiger partial charge on any atom is 0.0991 e. The zero-order chi connectivity index (χ0) is 12.1. The third-order valence-electron chi connectivity index (χ3n) is 2.71. The Hall–Kier alpha value is -1.79. The van der Waals surface area contributed by atoms with Crippen molar-refractivity contribution in [1.82, 2.24) is 0 Å². The molecule has 0 aliphatic heterocycles. The van der Waals surface area contributed by atoms with Crippen molar-refractivity contribution in [1.29, 1.82) is 5.26 Å². The van der Waals surface area contributed by atoms with Gasteiger partial charge in [0.15, 0.2) is 0 Å². The van der Waals surface area contributed by atoms with Gasteiger partial charge >= 0.3 is 0 Å². The van der Waals surface area contributed by atoms with Crippen molar-refractivity contribution in [2.45, 2.75) is 6.42 Å². The lowest BCUT2D eigenvalue weighted by molar-refractivity contribution is 0.887. The first-order valence-corrected chi connectivity index (χ1v) is 6.41. The summed E-state index contributed by atoms with van der Waals surface area (Å²) in [5, 5.41) is 10.8. The van der Waals surface area contributed by atoms with Gasteiger partial charge in [-0.25, -0.2) is 0 Å². The average Bonchev–Trinajstić information content (AvgIpc) is 2.89. The molecule has 0 aliphatic carbocycles. The molecule has 17 heavy (non-hydrogen) atoms. The minimum Gasteiger partial charge on any atom is -0.374 e. The fraction of sp³-hybridized carbons (Fsp3) is 0.214. The maximum absolute atomic E-state index is 8.73. The molecule has 0 N–H and O–H groups in total. The van der Waals surface area contributed by atoms with Crippen molar-refractivity contribution in [2.75, 3.05) is 18.5 Å². The Balaban J connectivity index is 1.95. The SMILES string of the molecule is CN(CCc1cccs1)c1ccc(C#N)cc1. The summed E-state index contributed by atoms with van der Waals surface area (Å²) in [6, 6.07) is 14.1. The normalized spacial score (nSPS) is 9.88. The van der Waals surface area contributed by atoms with Gasteiger partial charge < -0.3 is 4.90 Å². The molecule has 1 aromatic carbocycles. The molecule has 0 radical (unpaired) electrons. The predicted octanol–water partition coefficient (Wildman–Crippen LogP) is 3.30. The van der Waals surface area contributed by atoms with Crippen LogP contribution in [0.3, 0.4) is 0 Å². The van der Waals surface area contributed by atoms with Gasteiger partial charge in [-0.15, -0.1) is 11.3 Å². The lowest BCUT2D eigenvalue weighted by atomic mass is 10.2. The summed E-state index contributed by atoms with van der Waals surface area (Å²) in [6.45, 7) is 0.992. The van der Waals surface area contributed by atoms with Crippen LogP contribution < -0.4 is 4.90 Å². The number of nitriles is 1. The average molecular weight is 242 g/mol. The van der Waals surface area contributed by atoms with Gasteiger partial charge in [-0.2, -0.15) is 5.26 Å². The van der Waals surface area contributed by atoms with E-state index in [0.29, 0.717) is 5.56 Å². The van der Waals surface area contributed by atoms with E-state index in [1.54, 1.807) is 11.3 Å². The molecule has 2 rings (SSSR count). The van der Waals surface area contributed by atoms with Gasteiger partial charge in [-0.3, -0.25) is 0 Å². The van der Waals surface area contributed by atoms with E-state index in [9.17, 15) is 0 Å². The zero-order valence-electron chi connectivity index (χ0n) is 9.76. The Labute approximate surface area is 106 Å². The lowest BCUT2D eigenvalue weighted by Gasteiger charge is -2.18. The van der Waals surface area contributed by atoms with E-state index in [2.05, 4.69) is 35.5 Å². The van der Waals surface area contributed by atoms with E-state index in [4.69, 9.17) is 5.26 Å². The summed E-state index contributed by atoms with van der Waals surface area (Å²) in [4.78, 5) is 3.62. The van der Waals surface area contributed by atoms with Crippen LogP contribution in [0, 0.1) is 11.3 Å². The van der Waals surface area contributed by atoms with E-state index >= 15 is 0 Å². The number of thiophene rings is 1. The Morgan fingerprint density at radius 2 is 2.00 bits per heavy atom. The molecule has 0 saturated heterocycles. The fourth-order valence-corrected chi connectivity index (χ4v) is 2.35. The highest BCUT2D eigenvalue weighted by atomic mass is 32.1. The predicted molar refractivity (Wildman–Crippen MR) is 72.5 cm³/mol. The van der Waals surface area contributed by atoms with E-state index < -0.39 is 0 Å². The van der Waals surface area contributed by atoms with Crippen LogP contribution in [-0.2, 0) is 6.42 Å².